The molecule has 26 heavy (non-hydrogen) atoms. The summed E-state index contributed by atoms with van der Waals surface area (Å²) < 4.78 is 10.2. The number of likely N-dealkylation sites (tertiary alicyclic amines) is 1. The van der Waals surface area contributed by atoms with Gasteiger partial charge in [0, 0.05) is 13.0 Å². The maximum Gasteiger partial charge on any atom is 0.344 e. The summed E-state index contributed by atoms with van der Waals surface area (Å²) in [5.74, 6) is -0.839. The molecule has 0 spiro atoms. The molecule has 0 N–H and O–H groups in total. The third kappa shape index (κ3) is 4.47. The molecular weight excluding hydrogens is 334 g/mol. The smallest absolute Gasteiger partial charge is 0.344 e. The van der Waals surface area contributed by atoms with Crippen LogP contribution in [0.1, 0.15) is 12.8 Å². The lowest BCUT2D eigenvalue weighted by Crippen LogP contribution is -2.35. The zero-order chi connectivity index (χ0) is 18.4. The standard InChI is InChI=1S/C20H19NO5/c22-18-7-4-12-21(18)19(23)13-26-20(24)14-25-17-10-8-16(9-11-17)15-5-2-1-3-6-15/h1-3,5-6,8-11H,4,7,12-14H2. The normalized spacial score (nSPS) is 13.5. The summed E-state index contributed by atoms with van der Waals surface area (Å²) in [5, 5.41) is 0. The number of rotatable bonds is 6. The Morgan fingerprint density at radius 1 is 0.923 bits per heavy atom. The highest BCUT2D eigenvalue weighted by molar-refractivity contribution is 5.97. The third-order valence-electron chi connectivity index (χ3n) is 4.05. The molecule has 1 aliphatic rings. The highest BCUT2D eigenvalue weighted by Crippen LogP contribution is 2.22. The molecule has 0 aromatic heterocycles. The van der Waals surface area contributed by atoms with Crippen LogP contribution in [0.25, 0.3) is 11.1 Å². The fourth-order valence-corrected chi connectivity index (χ4v) is 2.69. The predicted molar refractivity (Wildman–Crippen MR) is 94.3 cm³/mol. The molecule has 2 amide bonds. The molecule has 0 bridgehead atoms. The van der Waals surface area contributed by atoms with E-state index in [0.717, 1.165) is 16.0 Å². The predicted octanol–water partition coefficient (Wildman–Crippen LogP) is 2.42. The Hall–Kier alpha value is -3.15. The summed E-state index contributed by atoms with van der Waals surface area (Å²) in [5.41, 5.74) is 2.13. The van der Waals surface area contributed by atoms with Crippen molar-refractivity contribution in [3.63, 3.8) is 0 Å². The van der Waals surface area contributed by atoms with Crippen molar-refractivity contribution < 1.29 is 23.9 Å². The van der Waals surface area contributed by atoms with Gasteiger partial charge in [0.2, 0.25) is 5.91 Å². The van der Waals surface area contributed by atoms with E-state index in [9.17, 15) is 14.4 Å². The van der Waals surface area contributed by atoms with E-state index in [0.29, 0.717) is 25.1 Å². The molecule has 2 aromatic rings. The fraction of sp³-hybridized carbons (Fsp3) is 0.250. The van der Waals surface area contributed by atoms with Crippen molar-refractivity contribution in [2.24, 2.45) is 0 Å². The van der Waals surface area contributed by atoms with Crippen LogP contribution in [-0.2, 0) is 19.1 Å². The first-order valence-corrected chi connectivity index (χ1v) is 8.40. The van der Waals surface area contributed by atoms with Gasteiger partial charge in [0.1, 0.15) is 5.75 Å². The highest BCUT2D eigenvalue weighted by atomic mass is 16.6. The number of carbonyl (C=O) groups is 3. The summed E-state index contributed by atoms with van der Waals surface area (Å²) in [6, 6.07) is 17.2. The SMILES string of the molecule is O=C(COc1ccc(-c2ccccc2)cc1)OCC(=O)N1CCCC1=O. The van der Waals surface area contributed by atoms with Gasteiger partial charge in [0.05, 0.1) is 0 Å². The molecule has 134 valence electrons. The van der Waals surface area contributed by atoms with Gasteiger partial charge in [-0.3, -0.25) is 14.5 Å². The van der Waals surface area contributed by atoms with Gasteiger partial charge in [-0.15, -0.1) is 0 Å². The summed E-state index contributed by atoms with van der Waals surface area (Å²) in [7, 11) is 0. The average Bonchev–Trinajstić information content (AvgIpc) is 3.11. The Balaban J connectivity index is 1.44. The van der Waals surface area contributed by atoms with Crippen LogP contribution >= 0.6 is 0 Å². The van der Waals surface area contributed by atoms with E-state index in [2.05, 4.69) is 0 Å². The number of hydrogen-bond acceptors (Lipinski definition) is 5. The summed E-state index contributed by atoms with van der Waals surface area (Å²) in [6.45, 7) is -0.355. The van der Waals surface area contributed by atoms with Gasteiger partial charge >= 0.3 is 5.97 Å². The van der Waals surface area contributed by atoms with Crippen LogP contribution in [0.15, 0.2) is 54.6 Å². The molecule has 0 unspecified atom stereocenters. The topological polar surface area (TPSA) is 72.9 Å². The third-order valence-corrected chi connectivity index (χ3v) is 4.05. The van der Waals surface area contributed by atoms with Gasteiger partial charge in [-0.05, 0) is 29.7 Å². The zero-order valence-electron chi connectivity index (χ0n) is 14.2. The molecule has 1 heterocycles. The van der Waals surface area contributed by atoms with E-state index in [1.807, 2.05) is 42.5 Å². The van der Waals surface area contributed by atoms with Crippen LogP contribution in [0, 0.1) is 0 Å². The number of ether oxygens (including phenoxy) is 2. The largest absolute Gasteiger partial charge is 0.482 e. The second kappa shape index (κ2) is 8.29. The molecule has 6 heteroatoms. The Morgan fingerprint density at radius 3 is 2.27 bits per heavy atom. The Morgan fingerprint density at radius 2 is 1.62 bits per heavy atom. The summed E-state index contributed by atoms with van der Waals surface area (Å²) in [4.78, 5) is 36.1. The molecule has 0 aliphatic carbocycles. The van der Waals surface area contributed by atoms with Crippen LogP contribution < -0.4 is 4.74 Å². The van der Waals surface area contributed by atoms with E-state index in [1.54, 1.807) is 12.1 Å². The monoisotopic (exact) mass is 353 g/mol. The second-order valence-electron chi connectivity index (χ2n) is 5.88. The lowest BCUT2D eigenvalue weighted by Gasteiger charge is -2.13. The Kier molecular flexibility index (Phi) is 5.63. The van der Waals surface area contributed by atoms with Gasteiger partial charge < -0.3 is 9.47 Å². The molecule has 1 saturated heterocycles. The number of nitrogens with zero attached hydrogens (tertiary/aromatic N) is 1. The number of benzene rings is 2. The van der Waals surface area contributed by atoms with Crippen LogP contribution in [0.3, 0.4) is 0 Å². The van der Waals surface area contributed by atoms with Gasteiger partial charge in [0.25, 0.3) is 5.91 Å². The Bertz CT molecular complexity index is 786. The Labute approximate surface area is 151 Å². The van der Waals surface area contributed by atoms with Crippen molar-refractivity contribution in [3.05, 3.63) is 54.6 Å². The maximum absolute atomic E-state index is 11.8. The van der Waals surface area contributed by atoms with Crippen molar-refractivity contribution in [3.8, 4) is 16.9 Å². The van der Waals surface area contributed by atoms with Crippen molar-refractivity contribution in [1.82, 2.24) is 4.90 Å². The van der Waals surface area contributed by atoms with Crippen LogP contribution in [0.2, 0.25) is 0 Å². The van der Waals surface area contributed by atoms with E-state index >= 15 is 0 Å². The average molecular weight is 353 g/mol. The number of imide groups is 1. The first-order chi connectivity index (χ1) is 12.6. The lowest BCUT2D eigenvalue weighted by atomic mass is 10.1. The molecule has 0 saturated carbocycles. The van der Waals surface area contributed by atoms with Crippen molar-refractivity contribution >= 4 is 17.8 Å². The minimum absolute atomic E-state index is 0.221. The van der Waals surface area contributed by atoms with Crippen LogP contribution in [0.5, 0.6) is 5.75 Å². The molecule has 3 rings (SSSR count). The van der Waals surface area contributed by atoms with Gasteiger partial charge in [0.15, 0.2) is 13.2 Å². The summed E-state index contributed by atoms with van der Waals surface area (Å²) >= 11 is 0. The molecule has 0 radical (unpaired) electrons. The first-order valence-electron chi connectivity index (χ1n) is 8.40. The molecule has 2 aromatic carbocycles. The molecule has 0 atom stereocenters. The molecular formula is C20H19NO5. The quantitative estimate of drug-likeness (QED) is 0.746. The minimum Gasteiger partial charge on any atom is -0.482 e. The number of esters is 1. The highest BCUT2D eigenvalue weighted by Gasteiger charge is 2.26. The van der Waals surface area contributed by atoms with Crippen molar-refractivity contribution in [2.75, 3.05) is 19.8 Å². The van der Waals surface area contributed by atoms with Gasteiger partial charge in [-0.25, -0.2) is 4.79 Å². The molecule has 6 nitrogen and oxygen atoms in total. The number of hydrogen-bond donors (Lipinski definition) is 0. The minimum atomic E-state index is -0.655. The maximum atomic E-state index is 11.8. The van der Waals surface area contributed by atoms with E-state index < -0.39 is 18.5 Å². The summed E-state index contributed by atoms with van der Waals surface area (Å²) in [6.07, 6.45) is 1.02. The number of amides is 2. The van der Waals surface area contributed by atoms with Crippen LogP contribution in [-0.4, -0.2) is 42.4 Å². The van der Waals surface area contributed by atoms with Crippen molar-refractivity contribution in [1.29, 1.82) is 0 Å². The van der Waals surface area contributed by atoms with Crippen LogP contribution in [0.4, 0.5) is 0 Å². The second-order valence-corrected chi connectivity index (χ2v) is 5.88. The molecule has 1 aliphatic heterocycles. The zero-order valence-corrected chi connectivity index (χ0v) is 14.2. The van der Waals surface area contributed by atoms with Gasteiger partial charge in [-0.2, -0.15) is 0 Å². The van der Waals surface area contributed by atoms with E-state index in [4.69, 9.17) is 9.47 Å². The number of carbonyl (C=O) groups excluding carboxylic acids is 3. The van der Waals surface area contributed by atoms with Crippen molar-refractivity contribution in [2.45, 2.75) is 12.8 Å². The molecule has 1 fully saturated rings. The van der Waals surface area contributed by atoms with Gasteiger partial charge in [-0.1, -0.05) is 42.5 Å². The van der Waals surface area contributed by atoms with E-state index in [-0.39, 0.29) is 12.5 Å². The lowest BCUT2D eigenvalue weighted by molar-refractivity contribution is -0.155. The van der Waals surface area contributed by atoms with E-state index in [1.165, 1.54) is 0 Å². The first kappa shape index (κ1) is 17.7. The fourth-order valence-electron chi connectivity index (χ4n) is 2.69.